The van der Waals surface area contributed by atoms with Crippen molar-refractivity contribution in [3.63, 3.8) is 0 Å². The van der Waals surface area contributed by atoms with Gasteiger partial charge in [0.05, 0.1) is 18.7 Å². The van der Waals surface area contributed by atoms with Crippen LogP contribution in [0.5, 0.6) is 0 Å². The number of anilines is 1. The minimum absolute atomic E-state index is 0.0782. The van der Waals surface area contributed by atoms with E-state index in [-0.39, 0.29) is 12.5 Å². The number of hydrogen-bond donors (Lipinski definition) is 2. The lowest BCUT2D eigenvalue weighted by Gasteiger charge is -2.09. The summed E-state index contributed by atoms with van der Waals surface area (Å²) in [5, 5.41) is 14.5. The summed E-state index contributed by atoms with van der Waals surface area (Å²) in [6.45, 7) is 2.83. The molecule has 0 aliphatic rings. The van der Waals surface area contributed by atoms with Crippen LogP contribution >= 0.6 is 0 Å². The minimum Gasteiger partial charge on any atom is -0.383 e. The van der Waals surface area contributed by atoms with Crippen LogP contribution in [0.3, 0.4) is 0 Å². The molecule has 6 nitrogen and oxygen atoms in total. The molecule has 0 radical (unpaired) electrons. The van der Waals surface area contributed by atoms with Gasteiger partial charge in [-0.15, -0.1) is 0 Å². The Bertz CT molecular complexity index is 454. The molecule has 6 heteroatoms. The second-order valence-electron chi connectivity index (χ2n) is 3.66. The highest BCUT2D eigenvalue weighted by atomic mass is 16.5. The van der Waals surface area contributed by atoms with E-state index in [1.807, 2.05) is 6.92 Å². The Balaban J connectivity index is 2.51. The number of pyridine rings is 1. The molecule has 1 amide bonds. The van der Waals surface area contributed by atoms with Gasteiger partial charge in [0.15, 0.2) is 0 Å². The van der Waals surface area contributed by atoms with Crippen molar-refractivity contribution in [2.75, 3.05) is 32.1 Å². The predicted octanol–water partition coefficient (Wildman–Crippen LogP) is 0.436. The maximum Gasteiger partial charge on any atom is 0.239 e. The average Bonchev–Trinajstić information content (AvgIpc) is 2.36. The molecule has 1 aromatic heterocycles. The fourth-order valence-electron chi connectivity index (χ4n) is 1.35. The molecular weight excluding hydrogens is 232 g/mol. The lowest BCUT2D eigenvalue weighted by molar-refractivity contribution is -0.119. The molecule has 0 aliphatic heterocycles. The summed E-state index contributed by atoms with van der Waals surface area (Å²) in [5.74, 6) is 0.263. The van der Waals surface area contributed by atoms with E-state index in [4.69, 9.17) is 10.00 Å². The normalized spacial score (nSPS) is 9.61. The van der Waals surface area contributed by atoms with Gasteiger partial charge in [0, 0.05) is 19.9 Å². The molecule has 1 heterocycles. The zero-order chi connectivity index (χ0) is 13.4. The topological polar surface area (TPSA) is 87.0 Å². The minimum atomic E-state index is -0.167. The number of aromatic nitrogens is 1. The first kappa shape index (κ1) is 13.9. The largest absolute Gasteiger partial charge is 0.383 e. The Labute approximate surface area is 106 Å². The van der Waals surface area contributed by atoms with Crippen LogP contribution in [0.25, 0.3) is 0 Å². The zero-order valence-electron chi connectivity index (χ0n) is 10.5. The third-order valence-corrected chi connectivity index (χ3v) is 2.32. The molecule has 96 valence electrons. The molecule has 0 aromatic carbocycles. The van der Waals surface area contributed by atoms with Crippen molar-refractivity contribution in [2.45, 2.75) is 6.92 Å². The van der Waals surface area contributed by atoms with Gasteiger partial charge in [-0.25, -0.2) is 4.98 Å². The van der Waals surface area contributed by atoms with E-state index >= 15 is 0 Å². The zero-order valence-corrected chi connectivity index (χ0v) is 10.5. The van der Waals surface area contributed by atoms with Crippen molar-refractivity contribution >= 4 is 11.7 Å². The first-order chi connectivity index (χ1) is 8.69. The number of carbonyl (C=O) groups is 1. The molecule has 0 atom stereocenters. The van der Waals surface area contributed by atoms with E-state index in [2.05, 4.69) is 21.7 Å². The molecule has 0 aliphatic carbocycles. The Morgan fingerprint density at radius 3 is 3.06 bits per heavy atom. The van der Waals surface area contributed by atoms with Gasteiger partial charge in [-0.3, -0.25) is 4.79 Å². The van der Waals surface area contributed by atoms with Crippen molar-refractivity contribution in [3.05, 3.63) is 23.4 Å². The number of nitriles is 1. The van der Waals surface area contributed by atoms with E-state index in [0.717, 1.165) is 5.56 Å². The maximum absolute atomic E-state index is 11.4. The van der Waals surface area contributed by atoms with Crippen LogP contribution in [-0.2, 0) is 9.53 Å². The lowest BCUT2D eigenvalue weighted by atomic mass is 10.1. The van der Waals surface area contributed by atoms with Gasteiger partial charge >= 0.3 is 0 Å². The van der Waals surface area contributed by atoms with Gasteiger partial charge in [0.2, 0.25) is 5.91 Å². The number of nitrogens with zero attached hydrogens (tertiary/aromatic N) is 2. The molecule has 0 unspecified atom stereocenters. The Morgan fingerprint density at radius 2 is 2.39 bits per heavy atom. The number of rotatable bonds is 6. The highest BCUT2D eigenvalue weighted by molar-refractivity contribution is 5.80. The highest BCUT2D eigenvalue weighted by Crippen LogP contribution is 2.14. The Hall–Kier alpha value is -2.13. The number of amides is 1. The summed E-state index contributed by atoms with van der Waals surface area (Å²) >= 11 is 0. The second kappa shape index (κ2) is 7.25. The third-order valence-electron chi connectivity index (χ3n) is 2.32. The third kappa shape index (κ3) is 4.03. The first-order valence-electron chi connectivity index (χ1n) is 5.54. The Morgan fingerprint density at radius 1 is 1.61 bits per heavy atom. The van der Waals surface area contributed by atoms with Gasteiger partial charge in [-0.1, -0.05) is 0 Å². The van der Waals surface area contributed by atoms with E-state index < -0.39 is 0 Å². The molecule has 2 N–H and O–H groups in total. The molecule has 1 aromatic rings. The SMILES string of the molecule is COCCNC(=O)CNc1nccc(C)c1C#N. The van der Waals surface area contributed by atoms with Crippen molar-refractivity contribution in [2.24, 2.45) is 0 Å². The predicted molar refractivity (Wildman–Crippen MR) is 67.1 cm³/mol. The fourth-order valence-corrected chi connectivity index (χ4v) is 1.35. The van der Waals surface area contributed by atoms with Gasteiger partial charge in [0.25, 0.3) is 0 Å². The number of aryl methyl sites for hydroxylation is 1. The fraction of sp³-hybridized carbons (Fsp3) is 0.417. The molecule has 18 heavy (non-hydrogen) atoms. The summed E-state index contributed by atoms with van der Waals surface area (Å²) in [5.41, 5.74) is 1.29. The van der Waals surface area contributed by atoms with Gasteiger partial charge in [-0.05, 0) is 18.6 Å². The van der Waals surface area contributed by atoms with Crippen LogP contribution in [-0.4, -0.2) is 37.7 Å². The quantitative estimate of drug-likeness (QED) is 0.713. The summed E-state index contributed by atoms with van der Waals surface area (Å²) in [4.78, 5) is 15.5. The van der Waals surface area contributed by atoms with Gasteiger partial charge < -0.3 is 15.4 Å². The molecule has 0 saturated carbocycles. The van der Waals surface area contributed by atoms with Crippen molar-refractivity contribution in [1.82, 2.24) is 10.3 Å². The second-order valence-corrected chi connectivity index (χ2v) is 3.66. The molecule has 0 spiro atoms. The summed E-state index contributed by atoms with van der Waals surface area (Å²) < 4.78 is 4.82. The van der Waals surface area contributed by atoms with Crippen LogP contribution in [0, 0.1) is 18.3 Å². The summed E-state index contributed by atoms with van der Waals surface area (Å²) in [6, 6.07) is 3.82. The number of carbonyl (C=O) groups excluding carboxylic acids is 1. The van der Waals surface area contributed by atoms with Crippen molar-refractivity contribution < 1.29 is 9.53 Å². The van der Waals surface area contributed by atoms with E-state index in [0.29, 0.717) is 24.5 Å². The highest BCUT2D eigenvalue weighted by Gasteiger charge is 2.07. The first-order valence-corrected chi connectivity index (χ1v) is 5.54. The van der Waals surface area contributed by atoms with Crippen molar-refractivity contribution in [3.8, 4) is 6.07 Å². The van der Waals surface area contributed by atoms with E-state index in [1.54, 1.807) is 19.4 Å². The van der Waals surface area contributed by atoms with Crippen LogP contribution in [0.1, 0.15) is 11.1 Å². The van der Waals surface area contributed by atoms with E-state index in [1.165, 1.54) is 0 Å². The maximum atomic E-state index is 11.4. The summed E-state index contributed by atoms with van der Waals surface area (Å²) in [6.07, 6.45) is 1.60. The van der Waals surface area contributed by atoms with Gasteiger partial charge in [-0.2, -0.15) is 5.26 Å². The molecule has 0 fully saturated rings. The summed E-state index contributed by atoms with van der Waals surface area (Å²) in [7, 11) is 1.57. The smallest absolute Gasteiger partial charge is 0.239 e. The van der Waals surface area contributed by atoms with Crippen LogP contribution in [0.15, 0.2) is 12.3 Å². The lowest BCUT2D eigenvalue weighted by Crippen LogP contribution is -2.32. The van der Waals surface area contributed by atoms with Crippen LogP contribution in [0.4, 0.5) is 5.82 Å². The molecular formula is C12H16N4O2. The van der Waals surface area contributed by atoms with Crippen LogP contribution < -0.4 is 10.6 Å². The average molecular weight is 248 g/mol. The van der Waals surface area contributed by atoms with E-state index in [9.17, 15) is 4.79 Å². The van der Waals surface area contributed by atoms with Gasteiger partial charge in [0.1, 0.15) is 11.9 Å². The van der Waals surface area contributed by atoms with Crippen LogP contribution in [0.2, 0.25) is 0 Å². The number of ether oxygens (including phenoxy) is 1. The standard InChI is InChI=1S/C12H16N4O2/c1-9-3-4-15-12(10(9)7-13)16-8-11(17)14-5-6-18-2/h3-4H,5-6,8H2,1-2H3,(H,14,17)(H,15,16). The Kier molecular flexibility index (Phi) is 5.61. The molecule has 1 rings (SSSR count). The number of nitrogens with one attached hydrogen (secondary N) is 2. The number of methoxy groups -OCH3 is 1. The molecule has 0 bridgehead atoms. The monoisotopic (exact) mass is 248 g/mol. The number of hydrogen-bond acceptors (Lipinski definition) is 5. The molecule has 0 saturated heterocycles. The van der Waals surface area contributed by atoms with Crippen molar-refractivity contribution in [1.29, 1.82) is 5.26 Å².